The fraction of sp³-hybridized carbons (Fsp3) is 0.650. The molecule has 0 aromatic heterocycles. The number of nitrogens with one attached hydrogen (secondary N) is 2. The first-order valence-corrected chi connectivity index (χ1v) is 9.62. The Bertz CT molecular complexity index is 604. The van der Waals surface area contributed by atoms with Crippen LogP contribution in [0, 0.1) is 0 Å². The number of rotatable bonds is 8. The van der Waals surface area contributed by atoms with Crippen LogP contribution in [-0.4, -0.2) is 57.3 Å². The van der Waals surface area contributed by atoms with Gasteiger partial charge in [-0.1, -0.05) is 6.92 Å². The molecule has 1 unspecified atom stereocenters. The van der Waals surface area contributed by atoms with Crippen molar-refractivity contribution in [3.8, 4) is 11.5 Å². The van der Waals surface area contributed by atoms with Gasteiger partial charge in [0.1, 0.15) is 0 Å². The van der Waals surface area contributed by atoms with E-state index in [1.807, 2.05) is 0 Å². The van der Waals surface area contributed by atoms with E-state index in [2.05, 4.69) is 48.4 Å². The highest BCUT2D eigenvalue weighted by molar-refractivity contribution is 5.80. The summed E-state index contributed by atoms with van der Waals surface area (Å²) in [5, 5.41) is 6.76. The molecule has 26 heavy (non-hydrogen) atoms. The molecule has 0 aliphatic carbocycles. The standard InChI is InChI=1S/C20H34N4O2/c1-6-15(3)23-20(21-7-2)22-9-11-24-10-8-16-12-18(25-4)19(26-5)13-17(16)14-24/h12-13,15H,6-11,14H2,1-5H3,(H2,21,22,23). The minimum absolute atomic E-state index is 0.428. The normalized spacial score (nSPS) is 16.0. The molecule has 2 rings (SSSR count). The van der Waals surface area contributed by atoms with Crippen LogP contribution >= 0.6 is 0 Å². The second-order valence-corrected chi connectivity index (χ2v) is 6.72. The number of methoxy groups -OCH3 is 2. The molecule has 146 valence electrons. The molecule has 0 radical (unpaired) electrons. The lowest BCUT2D eigenvalue weighted by molar-refractivity contribution is 0.260. The van der Waals surface area contributed by atoms with Crippen molar-refractivity contribution in [1.29, 1.82) is 0 Å². The quantitative estimate of drug-likeness (QED) is 0.549. The zero-order valence-corrected chi connectivity index (χ0v) is 16.9. The van der Waals surface area contributed by atoms with Gasteiger partial charge in [0.05, 0.1) is 20.8 Å². The van der Waals surface area contributed by atoms with Crippen LogP contribution in [-0.2, 0) is 13.0 Å². The first-order valence-electron chi connectivity index (χ1n) is 9.62. The fourth-order valence-electron chi connectivity index (χ4n) is 3.09. The van der Waals surface area contributed by atoms with E-state index in [1.165, 1.54) is 11.1 Å². The zero-order valence-electron chi connectivity index (χ0n) is 16.9. The molecule has 0 bridgehead atoms. The fourth-order valence-corrected chi connectivity index (χ4v) is 3.09. The van der Waals surface area contributed by atoms with E-state index in [9.17, 15) is 0 Å². The van der Waals surface area contributed by atoms with Crippen LogP contribution in [0.1, 0.15) is 38.3 Å². The molecule has 0 amide bonds. The highest BCUT2D eigenvalue weighted by Gasteiger charge is 2.19. The predicted octanol–water partition coefficient (Wildman–Crippen LogP) is 2.42. The van der Waals surface area contributed by atoms with Gasteiger partial charge in [0.2, 0.25) is 0 Å². The average molecular weight is 363 g/mol. The first kappa shape index (κ1) is 20.4. The van der Waals surface area contributed by atoms with Crippen LogP contribution in [0.25, 0.3) is 0 Å². The predicted molar refractivity (Wildman–Crippen MR) is 107 cm³/mol. The zero-order chi connectivity index (χ0) is 18.9. The number of ether oxygens (including phenoxy) is 2. The molecule has 0 saturated carbocycles. The van der Waals surface area contributed by atoms with Gasteiger partial charge >= 0.3 is 0 Å². The molecule has 1 aromatic rings. The second-order valence-electron chi connectivity index (χ2n) is 6.72. The van der Waals surface area contributed by atoms with E-state index in [0.29, 0.717) is 6.04 Å². The SMILES string of the molecule is CCNC(=NCCN1CCc2cc(OC)c(OC)cc2C1)NC(C)CC. The summed E-state index contributed by atoms with van der Waals surface area (Å²) in [6.45, 7) is 11.0. The number of fused-ring (bicyclic) bond motifs is 1. The second kappa shape index (κ2) is 10.3. The summed E-state index contributed by atoms with van der Waals surface area (Å²) in [6, 6.07) is 4.65. The molecule has 0 saturated heterocycles. The Morgan fingerprint density at radius 1 is 1.19 bits per heavy atom. The molecule has 1 aromatic carbocycles. The Morgan fingerprint density at radius 3 is 2.50 bits per heavy atom. The number of hydrogen-bond donors (Lipinski definition) is 2. The maximum Gasteiger partial charge on any atom is 0.191 e. The van der Waals surface area contributed by atoms with Crippen LogP contribution in [0.15, 0.2) is 17.1 Å². The lowest BCUT2D eigenvalue weighted by Crippen LogP contribution is -2.42. The number of aliphatic imine (C=N–C) groups is 1. The van der Waals surface area contributed by atoms with Gasteiger partial charge in [-0.3, -0.25) is 9.89 Å². The van der Waals surface area contributed by atoms with Crippen molar-refractivity contribution in [3.05, 3.63) is 23.3 Å². The van der Waals surface area contributed by atoms with Crippen molar-refractivity contribution < 1.29 is 9.47 Å². The molecule has 1 heterocycles. The molecule has 6 nitrogen and oxygen atoms in total. The highest BCUT2D eigenvalue weighted by atomic mass is 16.5. The Labute approximate surface area is 158 Å². The van der Waals surface area contributed by atoms with E-state index < -0.39 is 0 Å². The number of nitrogens with zero attached hydrogens (tertiary/aromatic N) is 2. The summed E-state index contributed by atoms with van der Waals surface area (Å²) < 4.78 is 10.9. The Kier molecular flexibility index (Phi) is 8.04. The molecule has 0 fully saturated rings. The highest BCUT2D eigenvalue weighted by Crippen LogP contribution is 2.33. The Hall–Kier alpha value is -1.95. The van der Waals surface area contributed by atoms with E-state index >= 15 is 0 Å². The van der Waals surface area contributed by atoms with Crippen molar-refractivity contribution >= 4 is 5.96 Å². The van der Waals surface area contributed by atoms with Crippen LogP contribution in [0.3, 0.4) is 0 Å². The van der Waals surface area contributed by atoms with Gasteiger partial charge in [-0.05, 0) is 49.9 Å². The molecule has 6 heteroatoms. The van der Waals surface area contributed by atoms with Gasteiger partial charge in [0.15, 0.2) is 17.5 Å². The molecule has 1 atom stereocenters. The van der Waals surface area contributed by atoms with E-state index in [0.717, 1.165) is 63.0 Å². The average Bonchev–Trinajstić information content (AvgIpc) is 2.66. The minimum Gasteiger partial charge on any atom is -0.493 e. The summed E-state index contributed by atoms with van der Waals surface area (Å²) in [7, 11) is 3.37. The third kappa shape index (κ3) is 5.53. The van der Waals surface area contributed by atoms with Crippen molar-refractivity contribution in [2.24, 2.45) is 4.99 Å². The van der Waals surface area contributed by atoms with E-state index in [-0.39, 0.29) is 0 Å². The first-order chi connectivity index (χ1) is 12.6. The number of hydrogen-bond acceptors (Lipinski definition) is 4. The monoisotopic (exact) mass is 362 g/mol. The van der Waals surface area contributed by atoms with Gasteiger partial charge < -0.3 is 20.1 Å². The maximum atomic E-state index is 5.44. The summed E-state index contributed by atoms with van der Waals surface area (Å²) >= 11 is 0. The summed E-state index contributed by atoms with van der Waals surface area (Å²) in [5.41, 5.74) is 2.68. The van der Waals surface area contributed by atoms with Crippen LogP contribution in [0.5, 0.6) is 11.5 Å². The summed E-state index contributed by atoms with van der Waals surface area (Å²) in [5.74, 6) is 2.53. The van der Waals surface area contributed by atoms with Gasteiger partial charge in [-0.25, -0.2) is 0 Å². The third-order valence-corrected chi connectivity index (χ3v) is 4.82. The lowest BCUT2D eigenvalue weighted by Gasteiger charge is -2.29. The third-order valence-electron chi connectivity index (χ3n) is 4.82. The van der Waals surface area contributed by atoms with Gasteiger partial charge in [-0.2, -0.15) is 0 Å². The van der Waals surface area contributed by atoms with Gasteiger partial charge in [0.25, 0.3) is 0 Å². The molecule has 2 N–H and O–H groups in total. The molecule has 1 aliphatic rings. The topological polar surface area (TPSA) is 58.1 Å². The van der Waals surface area contributed by atoms with Crippen molar-refractivity contribution in [3.63, 3.8) is 0 Å². The Balaban J connectivity index is 1.95. The number of benzene rings is 1. The molecular formula is C20H34N4O2. The minimum atomic E-state index is 0.428. The van der Waals surface area contributed by atoms with Gasteiger partial charge in [0, 0.05) is 32.2 Å². The van der Waals surface area contributed by atoms with Crippen molar-refractivity contribution in [2.45, 2.75) is 46.2 Å². The van der Waals surface area contributed by atoms with Crippen molar-refractivity contribution in [2.75, 3.05) is 40.4 Å². The van der Waals surface area contributed by atoms with Crippen LogP contribution in [0.2, 0.25) is 0 Å². The van der Waals surface area contributed by atoms with E-state index in [1.54, 1.807) is 14.2 Å². The van der Waals surface area contributed by atoms with E-state index in [4.69, 9.17) is 14.5 Å². The molecule has 1 aliphatic heterocycles. The van der Waals surface area contributed by atoms with Crippen LogP contribution < -0.4 is 20.1 Å². The number of guanidine groups is 1. The summed E-state index contributed by atoms with van der Waals surface area (Å²) in [6.07, 6.45) is 2.11. The largest absolute Gasteiger partial charge is 0.493 e. The molecule has 0 spiro atoms. The van der Waals surface area contributed by atoms with Gasteiger partial charge in [-0.15, -0.1) is 0 Å². The maximum absolute atomic E-state index is 5.44. The molecular weight excluding hydrogens is 328 g/mol. The Morgan fingerprint density at radius 2 is 1.88 bits per heavy atom. The van der Waals surface area contributed by atoms with Crippen molar-refractivity contribution in [1.82, 2.24) is 15.5 Å². The lowest BCUT2D eigenvalue weighted by atomic mass is 9.99. The summed E-state index contributed by atoms with van der Waals surface area (Å²) in [4.78, 5) is 7.17. The smallest absolute Gasteiger partial charge is 0.191 e. The van der Waals surface area contributed by atoms with Crippen LogP contribution in [0.4, 0.5) is 0 Å².